The number of unbranched alkanes of at least 4 members (excludes halogenated alkanes) is 1. The summed E-state index contributed by atoms with van der Waals surface area (Å²) in [4.78, 5) is 7.40. The normalized spacial score (nSPS) is 10.8. The summed E-state index contributed by atoms with van der Waals surface area (Å²) in [6.07, 6.45) is 3.28. The Morgan fingerprint density at radius 1 is 1.07 bits per heavy atom. The summed E-state index contributed by atoms with van der Waals surface area (Å²) in [6.45, 7) is 5.25. The van der Waals surface area contributed by atoms with Crippen LogP contribution in [0.4, 0.5) is 5.82 Å². The molecule has 0 aliphatic rings. The molecule has 0 aliphatic heterocycles. The number of anilines is 1. The second-order valence-corrected chi connectivity index (χ2v) is 7.58. The maximum Gasteiger partial charge on any atom is 0.161 e. The van der Waals surface area contributed by atoms with Crippen molar-refractivity contribution in [2.45, 2.75) is 33.1 Å². The van der Waals surface area contributed by atoms with Crippen LogP contribution in [0.2, 0.25) is 0 Å². The first-order valence-corrected chi connectivity index (χ1v) is 10.2. The van der Waals surface area contributed by atoms with Gasteiger partial charge in [-0.05, 0) is 60.9 Å². The van der Waals surface area contributed by atoms with Crippen LogP contribution in [0.3, 0.4) is 0 Å². The molecule has 1 aromatic carbocycles. The monoisotopic (exact) mass is 382 g/mol. The van der Waals surface area contributed by atoms with Crippen molar-refractivity contribution in [2.75, 3.05) is 19.0 Å². The van der Waals surface area contributed by atoms with Gasteiger partial charge in [-0.1, -0.05) is 20.3 Å². The van der Waals surface area contributed by atoms with Gasteiger partial charge in [0.2, 0.25) is 0 Å². The Bertz CT molecular complexity index is 905. The van der Waals surface area contributed by atoms with Crippen LogP contribution in [0, 0.1) is 0 Å². The molecule has 5 heteroatoms. The molecule has 2 heterocycles. The van der Waals surface area contributed by atoms with Crippen LogP contribution in [-0.2, 0) is 6.42 Å². The van der Waals surface area contributed by atoms with Crippen LogP contribution in [0.25, 0.3) is 21.7 Å². The highest BCUT2D eigenvalue weighted by molar-refractivity contribution is 7.15. The Balaban J connectivity index is 2.03. The molecule has 2 N–H and O–H groups in total. The van der Waals surface area contributed by atoms with Gasteiger partial charge >= 0.3 is 0 Å². The lowest BCUT2D eigenvalue weighted by molar-refractivity contribution is 0.373. The van der Waals surface area contributed by atoms with Gasteiger partial charge in [-0.2, -0.15) is 0 Å². The first-order chi connectivity index (χ1) is 13.1. The number of ether oxygens (including phenoxy) is 1. The van der Waals surface area contributed by atoms with Crippen LogP contribution in [0.5, 0.6) is 11.5 Å². The highest BCUT2D eigenvalue weighted by Gasteiger charge is 2.11. The van der Waals surface area contributed by atoms with E-state index in [0.717, 1.165) is 48.4 Å². The Kier molecular flexibility index (Phi) is 6.35. The first-order valence-electron chi connectivity index (χ1n) is 9.37. The van der Waals surface area contributed by atoms with E-state index < -0.39 is 0 Å². The van der Waals surface area contributed by atoms with Gasteiger partial charge < -0.3 is 15.2 Å². The number of aromatic hydroxyl groups is 1. The summed E-state index contributed by atoms with van der Waals surface area (Å²) >= 11 is 1.82. The molecule has 0 bridgehead atoms. The molecular formula is C22H26N2O2S. The van der Waals surface area contributed by atoms with Gasteiger partial charge in [0.15, 0.2) is 11.5 Å². The van der Waals surface area contributed by atoms with Gasteiger partial charge in [-0.15, -0.1) is 11.3 Å². The number of pyridine rings is 1. The minimum Gasteiger partial charge on any atom is -0.504 e. The number of aryl methyl sites for hydroxylation is 1. The van der Waals surface area contributed by atoms with E-state index in [1.165, 1.54) is 9.75 Å². The highest BCUT2D eigenvalue weighted by atomic mass is 32.1. The molecule has 2 aromatic heterocycles. The lowest BCUT2D eigenvalue weighted by Crippen LogP contribution is -2.03. The Morgan fingerprint density at radius 3 is 2.63 bits per heavy atom. The van der Waals surface area contributed by atoms with Crippen LogP contribution >= 0.6 is 11.3 Å². The summed E-state index contributed by atoms with van der Waals surface area (Å²) in [7, 11) is 1.55. The van der Waals surface area contributed by atoms with E-state index >= 15 is 0 Å². The minimum absolute atomic E-state index is 0.129. The van der Waals surface area contributed by atoms with Gasteiger partial charge in [-0.25, -0.2) is 4.98 Å². The van der Waals surface area contributed by atoms with E-state index in [4.69, 9.17) is 9.72 Å². The smallest absolute Gasteiger partial charge is 0.161 e. The van der Waals surface area contributed by atoms with E-state index in [0.29, 0.717) is 5.75 Å². The van der Waals surface area contributed by atoms with E-state index in [9.17, 15) is 5.11 Å². The fraction of sp³-hybridized carbons (Fsp3) is 0.318. The summed E-state index contributed by atoms with van der Waals surface area (Å²) in [5.74, 6) is 1.45. The molecule has 0 aliphatic carbocycles. The van der Waals surface area contributed by atoms with Crippen LogP contribution in [0.1, 0.15) is 31.6 Å². The quantitative estimate of drug-likeness (QED) is 0.472. The average Bonchev–Trinajstić information content (AvgIpc) is 3.18. The molecule has 0 fully saturated rings. The fourth-order valence-corrected chi connectivity index (χ4v) is 3.80. The number of benzene rings is 1. The number of phenols is 1. The minimum atomic E-state index is 0.129. The van der Waals surface area contributed by atoms with Crippen molar-refractivity contribution in [3.05, 3.63) is 47.3 Å². The lowest BCUT2D eigenvalue weighted by Gasteiger charge is -2.11. The molecule has 3 rings (SSSR count). The number of rotatable bonds is 8. The third kappa shape index (κ3) is 4.61. The average molecular weight is 383 g/mol. The van der Waals surface area contributed by atoms with Crippen LogP contribution in [-0.4, -0.2) is 23.7 Å². The molecule has 0 amide bonds. The predicted molar refractivity (Wildman–Crippen MR) is 114 cm³/mol. The van der Waals surface area contributed by atoms with Crippen molar-refractivity contribution >= 4 is 17.2 Å². The predicted octanol–water partition coefficient (Wildman–Crippen LogP) is 5.97. The molecular weight excluding hydrogens is 356 g/mol. The number of thiophene rings is 1. The van der Waals surface area contributed by atoms with Gasteiger partial charge in [0.1, 0.15) is 5.82 Å². The third-order valence-corrected chi connectivity index (χ3v) is 5.71. The highest BCUT2D eigenvalue weighted by Crippen LogP contribution is 2.35. The first kappa shape index (κ1) is 19.2. The second-order valence-electron chi connectivity index (χ2n) is 6.41. The van der Waals surface area contributed by atoms with Crippen molar-refractivity contribution in [3.8, 4) is 33.2 Å². The van der Waals surface area contributed by atoms with Gasteiger partial charge in [0.05, 0.1) is 12.8 Å². The molecule has 4 nitrogen and oxygen atoms in total. The number of hydrogen-bond acceptors (Lipinski definition) is 5. The molecule has 0 radical (unpaired) electrons. The standard InChI is InChI=1S/C22H26N2O2S/c1-4-6-11-23-22-14-16(21-10-8-17(5-2)27-21)12-18(24-22)15-7-9-19(25)20(13-15)26-3/h7-10,12-14,25H,4-6,11H2,1-3H3,(H,23,24). The second kappa shape index (κ2) is 8.91. The van der Waals surface area contributed by atoms with Crippen LogP contribution in [0.15, 0.2) is 42.5 Å². The molecule has 3 aromatic rings. The van der Waals surface area contributed by atoms with E-state index in [1.54, 1.807) is 13.2 Å². The van der Waals surface area contributed by atoms with Crippen molar-refractivity contribution < 1.29 is 9.84 Å². The third-order valence-electron chi connectivity index (χ3n) is 4.43. The Morgan fingerprint density at radius 2 is 1.93 bits per heavy atom. The largest absolute Gasteiger partial charge is 0.504 e. The molecule has 0 spiro atoms. The zero-order chi connectivity index (χ0) is 19.2. The number of hydrogen-bond donors (Lipinski definition) is 2. The maximum absolute atomic E-state index is 9.89. The SMILES string of the molecule is CCCCNc1cc(-c2ccc(CC)s2)cc(-c2ccc(O)c(OC)c2)n1. The van der Waals surface area contributed by atoms with Gasteiger partial charge in [-0.3, -0.25) is 0 Å². The van der Waals surface area contributed by atoms with Crippen LogP contribution < -0.4 is 10.1 Å². The molecule has 27 heavy (non-hydrogen) atoms. The molecule has 0 atom stereocenters. The van der Waals surface area contributed by atoms with E-state index in [2.05, 4.69) is 43.4 Å². The topological polar surface area (TPSA) is 54.4 Å². The van der Waals surface area contributed by atoms with Crippen molar-refractivity contribution in [1.82, 2.24) is 4.98 Å². The number of nitrogens with zero attached hydrogens (tertiary/aromatic N) is 1. The maximum atomic E-state index is 9.89. The lowest BCUT2D eigenvalue weighted by atomic mass is 10.1. The van der Waals surface area contributed by atoms with E-state index in [1.807, 2.05) is 23.5 Å². The van der Waals surface area contributed by atoms with Gasteiger partial charge in [0.25, 0.3) is 0 Å². The fourth-order valence-electron chi connectivity index (χ4n) is 2.86. The van der Waals surface area contributed by atoms with Crippen molar-refractivity contribution in [3.63, 3.8) is 0 Å². The summed E-state index contributed by atoms with van der Waals surface area (Å²) < 4.78 is 5.26. The molecule has 0 saturated carbocycles. The molecule has 0 saturated heterocycles. The van der Waals surface area contributed by atoms with Crippen molar-refractivity contribution in [2.24, 2.45) is 0 Å². The number of nitrogens with one attached hydrogen (secondary N) is 1. The molecule has 0 unspecified atom stereocenters. The Hall–Kier alpha value is -2.53. The van der Waals surface area contributed by atoms with E-state index in [-0.39, 0.29) is 5.75 Å². The van der Waals surface area contributed by atoms with Crippen molar-refractivity contribution in [1.29, 1.82) is 0 Å². The summed E-state index contributed by atoms with van der Waals surface area (Å²) in [5, 5.41) is 13.3. The zero-order valence-corrected chi connectivity index (χ0v) is 16.9. The number of methoxy groups -OCH3 is 1. The van der Waals surface area contributed by atoms with Gasteiger partial charge in [0, 0.05) is 21.9 Å². The summed E-state index contributed by atoms with van der Waals surface area (Å²) in [5.41, 5.74) is 2.92. The molecule has 142 valence electrons. The number of phenolic OH excluding ortho intramolecular Hbond substituents is 1. The zero-order valence-electron chi connectivity index (χ0n) is 16.1. The summed E-state index contributed by atoms with van der Waals surface area (Å²) in [6, 6.07) is 13.9. The Labute approximate surface area is 164 Å². The number of aromatic nitrogens is 1.